The third-order valence-corrected chi connectivity index (χ3v) is 5.62. The first-order chi connectivity index (χ1) is 15.3. The summed E-state index contributed by atoms with van der Waals surface area (Å²) in [5.74, 6) is 1.89. The van der Waals surface area contributed by atoms with E-state index in [4.69, 9.17) is 4.74 Å². The van der Waals surface area contributed by atoms with Crippen molar-refractivity contribution in [1.29, 1.82) is 0 Å². The molecule has 0 bridgehead atoms. The summed E-state index contributed by atoms with van der Waals surface area (Å²) in [6, 6.07) is 18.7. The van der Waals surface area contributed by atoms with Gasteiger partial charge in [-0.2, -0.15) is 5.10 Å². The average Bonchev–Trinajstić information content (AvgIpc) is 3.37. The number of benzene rings is 2. The summed E-state index contributed by atoms with van der Waals surface area (Å²) >= 11 is 0. The normalized spacial score (nSPS) is 14.1. The number of aromatic nitrogens is 2. The largest absolute Gasteiger partial charge is 0.495 e. The molecule has 0 saturated carbocycles. The Hall–Kier alpha value is -2.75. The molecule has 4 rings (SSSR count). The van der Waals surface area contributed by atoms with Crippen LogP contribution in [-0.4, -0.2) is 67.5 Å². The van der Waals surface area contributed by atoms with Crippen molar-refractivity contribution in [3.05, 3.63) is 72.6 Å². The fourth-order valence-corrected chi connectivity index (χ4v) is 3.94. The van der Waals surface area contributed by atoms with Crippen molar-refractivity contribution in [2.24, 2.45) is 4.99 Å². The van der Waals surface area contributed by atoms with Crippen LogP contribution in [0.5, 0.6) is 5.75 Å². The Bertz CT molecular complexity index is 982. The van der Waals surface area contributed by atoms with Crippen molar-refractivity contribution in [3.63, 3.8) is 0 Å². The third kappa shape index (κ3) is 5.73. The molecule has 1 N–H and O–H groups in total. The predicted octanol–water partition coefficient (Wildman–Crippen LogP) is 3.44. The summed E-state index contributed by atoms with van der Waals surface area (Å²) in [7, 11) is 3.58. The SMILES string of the molecule is CN=C(NCCc1ccc(-n2cccn2)cc1)N1CCN(c2ccccc2OC)CC1.I. The van der Waals surface area contributed by atoms with Crippen molar-refractivity contribution < 1.29 is 4.74 Å². The molecule has 1 aliphatic rings. The molecule has 3 aromatic rings. The highest BCUT2D eigenvalue weighted by Crippen LogP contribution is 2.28. The van der Waals surface area contributed by atoms with Crippen LogP contribution in [0.2, 0.25) is 0 Å². The molecule has 170 valence electrons. The van der Waals surface area contributed by atoms with Gasteiger partial charge in [-0.15, -0.1) is 24.0 Å². The van der Waals surface area contributed by atoms with Gasteiger partial charge in [0.25, 0.3) is 0 Å². The minimum absolute atomic E-state index is 0. The smallest absolute Gasteiger partial charge is 0.193 e. The number of hydrogen-bond acceptors (Lipinski definition) is 4. The second-order valence-corrected chi connectivity index (χ2v) is 7.49. The number of piperazine rings is 1. The Morgan fingerprint density at radius 1 is 1.03 bits per heavy atom. The number of hydrogen-bond donors (Lipinski definition) is 1. The zero-order valence-electron chi connectivity index (χ0n) is 18.6. The van der Waals surface area contributed by atoms with Gasteiger partial charge in [0.15, 0.2) is 5.96 Å². The van der Waals surface area contributed by atoms with E-state index in [1.807, 2.05) is 36.1 Å². The predicted molar refractivity (Wildman–Crippen MR) is 141 cm³/mol. The van der Waals surface area contributed by atoms with Crippen LogP contribution in [0.3, 0.4) is 0 Å². The summed E-state index contributed by atoms with van der Waals surface area (Å²) in [4.78, 5) is 9.20. The standard InChI is InChI=1S/C24H30N6O.HI/c1-25-24(26-14-12-20-8-10-21(11-9-20)30-15-5-13-27-30)29-18-16-28(17-19-29)22-6-3-4-7-23(22)31-2;/h3-11,13,15H,12,14,16-19H2,1-2H3,(H,25,26);1H. The lowest BCUT2D eigenvalue weighted by atomic mass is 10.1. The molecule has 0 aliphatic carbocycles. The maximum absolute atomic E-state index is 5.52. The van der Waals surface area contributed by atoms with Gasteiger partial charge in [-0.25, -0.2) is 4.68 Å². The van der Waals surface area contributed by atoms with E-state index in [-0.39, 0.29) is 24.0 Å². The van der Waals surface area contributed by atoms with Crippen LogP contribution in [0.4, 0.5) is 5.69 Å². The molecule has 0 spiro atoms. The highest BCUT2D eigenvalue weighted by Gasteiger charge is 2.21. The Morgan fingerprint density at radius 2 is 1.78 bits per heavy atom. The van der Waals surface area contributed by atoms with Crippen molar-refractivity contribution in [2.75, 3.05) is 51.8 Å². The molecular weight excluding hydrogens is 515 g/mol. The van der Waals surface area contributed by atoms with Crippen LogP contribution in [0.15, 0.2) is 72.0 Å². The molecule has 2 aromatic carbocycles. The number of ether oxygens (including phenoxy) is 1. The maximum Gasteiger partial charge on any atom is 0.193 e. The summed E-state index contributed by atoms with van der Waals surface area (Å²) in [6.45, 7) is 4.58. The minimum atomic E-state index is 0. The topological polar surface area (TPSA) is 57.9 Å². The lowest BCUT2D eigenvalue weighted by Gasteiger charge is -2.38. The number of rotatable bonds is 6. The van der Waals surface area contributed by atoms with Crippen molar-refractivity contribution in [2.45, 2.75) is 6.42 Å². The van der Waals surface area contributed by atoms with Crippen LogP contribution >= 0.6 is 24.0 Å². The van der Waals surface area contributed by atoms with Crippen LogP contribution < -0.4 is 15.0 Å². The van der Waals surface area contributed by atoms with Crippen molar-refractivity contribution >= 4 is 35.6 Å². The first kappa shape index (κ1) is 23.9. The summed E-state index contributed by atoms with van der Waals surface area (Å²) in [5.41, 5.74) is 3.52. The van der Waals surface area contributed by atoms with Gasteiger partial charge in [0.05, 0.1) is 18.5 Å². The van der Waals surface area contributed by atoms with E-state index in [2.05, 4.69) is 61.6 Å². The second-order valence-electron chi connectivity index (χ2n) is 7.49. The maximum atomic E-state index is 5.52. The van der Waals surface area contributed by atoms with Gasteiger partial charge < -0.3 is 19.9 Å². The minimum Gasteiger partial charge on any atom is -0.495 e. The van der Waals surface area contributed by atoms with E-state index in [9.17, 15) is 0 Å². The second kappa shape index (κ2) is 11.8. The molecule has 2 heterocycles. The van der Waals surface area contributed by atoms with E-state index in [0.717, 1.165) is 62.2 Å². The van der Waals surface area contributed by atoms with Gasteiger partial charge in [0.2, 0.25) is 0 Å². The molecule has 1 aliphatic heterocycles. The molecule has 32 heavy (non-hydrogen) atoms. The van der Waals surface area contributed by atoms with Crippen molar-refractivity contribution in [1.82, 2.24) is 20.0 Å². The van der Waals surface area contributed by atoms with Crippen molar-refractivity contribution in [3.8, 4) is 11.4 Å². The van der Waals surface area contributed by atoms with Crippen LogP contribution in [0, 0.1) is 0 Å². The molecule has 1 saturated heterocycles. The quantitative estimate of drug-likeness (QED) is 0.292. The van der Waals surface area contributed by atoms with Gasteiger partial charge >= 0.3 is 0 Å². The lowest BCUT2D eigenvalue weighted by molar-refractivity contribution is 0.367. The molecular formula is C24H31IN6O. The molecule has 8 heteroatoms. The molecule has 0 radical (unpaired) electrons. The average molecular weight is 546 g/mol. The summed E-state index contributed by atoms with van der Waals surface area (Å²) in [5, 5.41) is 7.79. The van der Waals surface area contributed by atoms with E-state index in [1.54, 1.807) is 13.3 Å². The van der Waals surface area contributed by atoms with Gasteiger partial charge in [-0.05, 0) is 42.3 Å². The van der Waals surface area contributed by atoms with E-state index in [0.29, 0.717) is 0 Å². The monoisotopic (exact) mass is 546 g/mol. The number of halogens is 1. The first-order valence-electron chi connectivity index (χ1n) is 10.7. The molecule has 1 aromatic heterocycles. The Kier molecular flexibility index (Phi) is 8.78. The molecule has 0 amide bonds. The van der Waals surface area contributed by atoms with E-state index >= 15 is 0 Å². The van der Waals surface area contributed by atoms with Gasteiger partial charge in [-0.1, -0.05) is 24.3 Å². The van der Waals surface area contributed by atoms with Gasteiger partial charge in [-0.3, -0.25) is 4.99 Å². The zero-order valence-corrected chi connectivity index (χ0v) is 21.0. The number of nitrogens with zero attached hydrogens (tertiary/aromatic N) is 5. The number of guanidine groups is 1. The third-order valence-electron chi connectivity index (χ3n) is 5.62. The van der Waals surface area contributed by atoms with Gasteiger partial charge in [0.1, 0.15) is 5.75 Å². The Morgan fingerprint density at radius 3 is 2.44 bits per heavy atom. The summed E-state index contributed by atoms with van der Waals surface area (Å²) in [6.07, 6.45) is 4.69. The van der Waals surface area contributed by atoms with E-state index < -0.39 is 0 Å². The Balaban J connectivity index is 0.00000289. The molecule has 0 atom stereocenters. The Labute approximate surface area is 207 Å². The van der Waals surface area contributed by atoms with E-state index in [1.165, 1.54) is 5.56 Å². The fraction of sp³-hybridized carbons (Fsp3) is 0.333. The fourth-order valence-electron chi connectivity index (χ4n) is 3.94. The van der Waals surface area contributed by atoms with Crippen LogP contribution in [0.1, 0.15) is 5.56 Å². The summed E-state index contributed by atoms with van der Waals surface area (Å²) < 4.78 is 7.39. The van der Waals surface area contributed by atoms with Gasteiger partial charge in [0, 0.05) is 52.2 Å². The molecule has 1 fully saturated rings. The van der Waals surface area contributed by atoms with Crippen LogP contribution in [0.25, 0.3) is 5.69 Å². The first-order valence-corrected chi connectivity index (χ1v) is 10.7. The zero-order chi connectivity index (χ0) is 21.5. The number of aliphatic imine (C=N–C) groups is 1. The highest BCUT2D eigenvalue weighted by atomic mass is 127. The number of anilines is 1. The lowest BCUT2D eigenvalue weighted by Crippen LogP contribution is -2.52. The number of para-hydroxylation sites is 2. The highest BCUT2D eigenvalue weighted by molar-refractivity contribution is 14.0. The number of methoxy groups -OCH3 is 1. The molecule has 0 unspecified atom stereocenters. The van der Waals surface area contributed by atoms with Crippen LogP contribution in [-0.2, 0) is 6.42 Å². The molecule has 7 nitrogen and oxygen atoms in total. The number of nitrogens with one attached hydrogen (secondary N) is 1.